The standard InChI is InChI=1S/C15H20O4/c1-7-4-5-10(16)15(3)6-9-11(13(17)12(7)15)8(2)14(18)19-9/h9-13,16-17H,1-2,4-6H2,3H3/t9-,10+,11+,12+,13-,15-/m0/s1. The van der Waals surface area contributed by atoms with Gasteiger partial charge < -0.3 is 14.9 Å². The third-order valence-electron chi connectivity index (χ3n) is 5.32. The lowest BCUT2D eigenvalue weighted by molar-refractivity contribution is -0.157. The number of aliphatic hydroxyl groups is 2. The predicted molar refractivity (Wildman–Crippen MR) is 69.1 cm³/mol. The Morgan fingerprint density at radius 3 is 2.74 bits per heavy atom. The molecular weight excluding hydrogens is 244 g/mol. The summed E-state index contributed by atoms with van der Waals surface area (Å²) < 4.78 is 5.31. The van der Waals surface area contributed by atoms with Crippen molar-refractivity contribution in [3.63, 3.8) is 0 Å². The van der Waals surface area contributed by atoms with Gasteiger partial charge in [0.25, 0.3) is 0 Å². The van der Waals surface area contributed by atoms with Crippen LogP contribution in [0.5, 0.6) is 0 Å². The average Bonchev–Trinajstić information content (AvgIpc) is 2.60. The van der Waals surface area contributed by atoms with E-state index < -0.39 is 23.6 Å². The maximum atomic E-state index is 11.6. The fraction of sp³-hybridized carbons (Fsp3) is 0.667. The Bertz CT molecular complexity index is 469. The van der Waals surface area contributed by atoms with Crippen LogP contribution in [0.4, 0.5) is 0 Å². The van der Waals surface area contributed by atoms with Crippen molar-refractivity contribution in [2.75, 3.05) is 0 Å². The van der Waals surface area contributed by atoms with E-state index in [2.05, 4.69) is 13.2 Å². The van der Waals surface area contributed by atoms with Crippen molar-refractivity contribution in [2.24, 2.45) is 17.3 Å². The van der Waals surface area contributed by atoms with Gasteiger partial charge in [-0.25, -0.2) is 4.79 Å². The molecule has 0 amide bonds. The lowest BCUT2D eigenvalue weighted by Crippen LogP contribution is -2.57. The van der Waals surface area contributed by atoms with Crippen molar-refractivity contribution >= 4 is 5.97 Å². The predicted octanol–water partition coefficient (Wildman–Crippen LogP) is 1.18. The third-order valence-corrected chi connectivity index (χ3v) is 5.32. The van der Waals surface area contributed by atoms with Crippen LogP contribution in [0.3, 0.4) is 0 Å². The first-order chi connectivity index (χ1) is 8.86. The Hall–Kier alpha value is -1.13. The van der Waals surface area contributed by atoms with E-state index in [1.165, 1.54) is 0 Å². The molecule has 0 radical (unpaired) electrons. The van der Waals surface area contributed by atoms with Crippen LogP contribution >= 0.6 is 0 Å². The van der Waals surface area contributed by atoms with Crippen molar-refractivity contribution in [3.8, 4) is 0 Å². The van der Waals surface area contributed by atoms with Crippen LogP contribution in [0.1, 0.15) is 26.2 Å². The number of aliphatic hydroxyl groups excluding tert-OH is 2. The summed E-state index contributed by atoms with van der Waals surface area (Å²) in [6.45, 7) is 9.77. The Kier molecular flexibility index (Phi) is 2.67. The second-order valence-electron chi connectivity index (χ2n) is 6.39. The van der Waals surface area contributed by atoms with E-state index in [0.717, 1.165) is 12.0 Å². The summed E-state index contributed by atoms with van der Waals surface area (Å²) in [6.07, 6.45) is 0.333. The van der Waals surface area contributed by atoms with E-state index in [1.54, 1.807) is 0 Å². The van der Waals surface area contributed by atoms with Gasteiger partial charge in [0.15, 0.2) is 0 Å². The molecule has 3 rings (SSSR count). The Balaban J connectivity index is 2.02. The molecule has 1 aliphatic heterocycles. The smallest absolute Gasteiger partial charge is 0.334 e. The highest BCUT2D eigenvalue weighted by Crippen LogP contribution is 2.56. The van der Waals surface area contributed by atoms with Crippen molar-refractivity contribution in [2.45, 2.75) is 44.5 Å². The van der Waals surface area contributed by atoms with Gasteiger partial charge >= 0.3 is 5.97 Å². The molecule has 0 aromatic rings. The summed E-state index contributed by atoms with van der Waals surface area (Å²) >= 11 is 0. The summed E-state index contributed by atoms with van der Waals surface area (Å²) in [5.74, 6) is -0.965. The molecule has 1 heterocycles. The van der Waals surface area contributed by atoms with Crippen LogP contribution in [0.2, 0.25) is 0 Å². The van der Waals surface area contributed by atoms with Crippen LogP contribution in [-0.4, -0.2) is 34.5 Å². The van der Waals surface area contributed by atoms with Crippen molar-refractivity contribution in [3.05, 3.63) is 24.3 Å². The molecule has 3 aliphatic rings. The molecule has 3 fully saturated rings. The first kappa shape index (κ1) is 12.9. The van der Waals surface area contributed by atoms with Crippen molar-refractivity contribution < 1.29 is 19.7 Å². The molecule has 6 atom stereocenters. The normalized spacial score (nSPS) is 49.6. The highest BCUT2D eigenvalue weighted by molar-refractivity contribution is 5.91. The monoisotopic (exact) mass is 264 g/mol. The number of fused-ring (bicyclic) bond motifs is 2. The average molecular weight is 264 g/mol. The summed E-state index contributed by atoms with van der Waals surface area (Å²) in [5, 5.41) is 21.0. The first-order valence-electron chi connectivity index (χ1n) is 6.80. The molecular formula is C15H20O4. The van der Waals surface area contributed by atoms with Gasteiger partial charge in [-0.3, -0.25) is 0 Å². The van der Waals surface area contributed by atoms with Gasteiger partial charge in [-0.1, -0.05) is 25.7 Å². The van der Waals surface area contributed by atoms with Crippen LogP contribution in [0, 0.1) is 17.3 Å². The van der Waals surface area contributed by atoms with Crippen LogP contribution < -0.4 is 0 Å². The fourth-order valence-corrected chi connectivity index (χ4v) is 4.26. The SMILES string of the molecule is C=C1C(=O)O[C@H]2C[C@@]3(C)[C@H](O)CCC(=C)[C@@H]3[C@@H](O)[C@H]12. The number of rotatable bonds is 0. The summed E-state index contributed by atoms with van der Waals surface area (Å²) in [7, 11) is 0. The second-order valence-corrected chi connectivity index (χ2v) is 6.39. The molecule has 4 heteroatoms. The van der Waals surface area contributed by atoms with Crippen LogP contribution in [-0.2, 0) is 9.53 Å². The van der Waals surface area contributed by atoms with E-state index in [9.17, 15) is 15.0 Å². The molecule has 104 valence electrons. The second kappa shape index (κ2) is 3.93. The minimum Gasteiger partial charge on any atom is -0.458 e. The number of carbonyl (C=O) groups is 1. The van der Waals surface area contributed by atoms with Gasteiger partial charge in [-0.2, -0.15) is 0 Å². The van der Waals surface area contributed by atoms with Gasteiger partial charge in [0.1, 0.15) is 6.10 Å². The first-order valence-corrected chi connectivity index (χ1v) is 6.80. The van der Waals surface area contributed by atoms with Crippen LogP contribution in [0.25, 0.3) is 0 Å². The van der Waals surface area contributed by atoms with E-state index in [1.807, 2.05) is 6.92 Å². The zero-order chi connectivity index (χ0) is 13.9. The lowest BCUT2D eigenvalue weighted by Gasteiger charge is -2.54. The summed E-state index contributed by atoms with van der Waals surface area (Å²) in [5.41, 5.74) is 0.846. The quantitative estimate of drug-likeness (QED) is 0.392. The topological polar surface area (TPSA) is 66.8 Å². The molecule has 1 saturated heterocycles. The molecule has 0 spiro atoms. The fourth-order valence-electron chi connectivity index (χ4n) is 4.26. The summed E-state index contributed by atoms with van der Waals surface area (Å²) in [4.78, 5) is 11.6. The number of hydrogen-bond donors (Lipinski definition) is 2. The number of esters is 1. The molecule has 0 bridgehead atoms. The Morgan fingerprint density at radius 2 is 2.05 bits per heavy atom. The molecule has 2 saturated carbocycles. The molecule has 2 aliphatic carbocycles. The molecule has 4 nitrogen and oxygen atoms in total. The van der Waals surface area contributed by atoms with Gasteiger partial charge in [0.05, 0.1) is 18.1 Å². The molecule has 0 aromatic carbocycles. The minimum atomic E-state index is -0.745. The molecule has 0 aromatic heterocycles. The van der Waals surface area contributed by atoms with Crippen molar-refractivity contribution in [1.82, 2.24) is 0 Å². The van der Waals surface area contributed by atoms with Crippen LogP contribution in [0.15, 0.2) is 24.3 Å². The zero-order valence-electron chi connectivity index (χ0n) is 11.1. The Labute approximate surface area is 112 Å². The van der Waals surface area contributed by atoms with E-state index in [4.69, 9.17) is 4.74 Å². The molecule has 0 unspecified atom stereocenters. The minimum absolute atomic E-state index is 0.191. The van der Waals surface area contributed by atoms with Gasteiger partial charge in [-0.05, 0) is 19.3 Å². The van der Waals surface area contributed by atoms with E-state index in [0.29, 0.717) is 18.4 Å². The number of carbonyl (C=O) groups excluding carboxylic acids is 1. The van der Waals surface area contributed by atoms with E-state index in [-0.39, 0.29) is 17.9 Å². The highest BCUT2D eigenvalue weighted by Gasteiger charge is 2.60. The maximum absolute atomic E-state index is 11.6. The highest BCUT2D eigenvalue weighted by atomic mass is 16.6. The van der Waals surface area contributed by atoms with Gasteiger partial charge in [0.2, 0.25) is 0 Å². The summed E-state index contributed by atoms with van der Waals surface area (Å²) in [6, 6.07) is 0. The zero-order valence-corrected chi connectivity index (χ0v) is 11.1. The largest absolute Gasteiger partial charge is 0.458 e. The number of ether oxygens (including phenoxy) is 1. The van der Waals surface area contributed by atoms with Crippen molar-refractivity contribution in [1.29, 1.82) is 0 Å². The van der Waals surface area contributed by atoms with E-state index >= 15 is 0 Å². The molecule has 19 heavy (non-hydrogen) atoms. The lowest BCUT2D eigenvalue weighted by atomic mass is 9.53. The number of hydrogen-bond acceptors (Lipinski definition) is 4. The van der Waals surface area contributed by atoms with Gasteiger partial charge in [-0.15, -0.1) is 0 Å². The third kappa shape index (κ3) is 1.56. The van der Waals surface area contributed by atoms with Gasteiger partial charge in [0, 0.05) is 16.9 Å². The Morgan fingerprint density at radius 1 is 1.37 bits per heavy atom. The molecule has 2 N–H and O–H groups in total. The maximum Gasteiger partial charge on any atom is 0.334 e.